The van der Waals surface area contributed by atoms with Crippen molar-refractivity contribution in [1.82, 2.24) is 0 Å². The van der Waals surface area contributed by atoms with Crippen LogP contribution in [0.15, 0.2) is 12.7 Å². The third kappa shape index (κ3) is 3.65. The van der Waals surface area contributed by atoms with Gasteiger partial charge in [-0.25, -0.2) is 0 Å². The van der Waals surface area contributed by atoms with E-state index in [0.29, 0.717) is 0 Å². The van der Waals surface area contributed by atoms with E-state index in [-0.39, 0.29) is 19.6 Å². The average Bonchev–Trinajstić information content (AvgIpc) is 1.98. The fourth-order valence-corrected chi connectivity index (χ4v) is 0.368. The molecule has 0 fully saturated rings. The van der Waals surface area contributed by atoms with Crippen LogP contribution in [0.1, 0.15) is 0 Å². The highest BCUT2D eigenvalue weighted by atomic mass is 16.6. The summed E-state index contributed by atoms with van der Waals surface area (Å²) in [5, 5.41) is 0. The molecule has 0 saturated heterocycles. The Bertz CT molecular complexity index is 121. The summed E-state index contributed by atoms with van der Waals surface area (Å²) in [6.07, 6.45) is 0.834. The second kappa shape index (κ2) is 5.81. The SMILES string of the molecule is C=CC(COC=O)OC=O. The van der Waals surface area contributed by atoms with Crippen molar-refractivity contribution in [2.45, 2.75) is 6.10 Å². The largest absolute Gasteiger partial charge is 0.464 e. The lowest BCUT2D eigenvalue weighted by molar-refractivity contribution is -0.139. The lowest BCUT2D eigenvalue weighted by Crippen LogP contribution is -2.15. The monoisotopic (exact) mass is 144 g/mol. The van der Waals surface area contributed by atoms with Gasteiger partial charge in [-0.05, 0) is 6.08 Å². The zero-order valence-electron chi connectivity index (χ0n) is 5.36. The summed E-state index contributed by atoms with van der Waals surface area (Å²) >= 11 is 0. The van der Waals surface area contributed by atoms with Gasteiger partial charge in [0.1, 0.15) is 6.61 Å². The smallest absolute Gasteiger partial charge is 0.293 e. The normalized spacial score (nSPS) is 11.2. The molecule has 0 radical (unpaired) electrons. The standard InChI is InChI=1S/C6H8O4/c1-2-6(10-5-8)3-9-4-7/h2,4-6H,1,3H2. The average molecular weight is 144 g/mol. The highest BCUT2D eigenvalue weighted by molar-refractivity contribution is 5.39. The number of rotatable bonds is 6. The third-order valence-corrected chi connectivity index (χ3v) is 0.822. The van der Waals surface area contributed by atoms with E-state index in [9.17, 15) is 9.59 Å². The fraction of sp³-hybridized carbons (Fsp3) is 0.333. The van der Waals surface area contributed by atoms with Gasteiger partial charge >= 0.3 is 0 Å². The van der Waals surface area contributed by atoms with Crippen LogP contribution in [0, 0.1) is 0 Å². The summed E-state index contributed by atoms with van der Waals surface area (Å²) in [5.41, 5.74) is 0. The zero-order chi connectivity index (χ0) is 7.82. The van der Waals surface area contributed by atoms with Gasteiger partial charge in [0.15, 0.2) is 6.10 Å². The minimum atomic E-state index is -0.539. The Balaban J connectivity index is 3.47. The molecule has 0 aromatic heterocycles. The van der Waals surface area contributed by atoms with Crippen LogP contribution >= 0.6 is 0 Å². The molecule has 0 N–H and O–H groups in total. The zero-order valence-corrected chi connectivity index (χ0v) is 5.36. The lowest BCUT2D eigenvalue weighted by atomic mass is 10.4. The van der Waals surface area contributed by atoms with Gasteiger partial charge in [-0.1, -0.05) is 6.58 Å². The summed E-state index contributed by atoms with van der Waals surface area (Å²) in [4.78, 5) is 19.4. The van der Waals surface area contributed by atoms with Gasteiger partial charge in [-0.3, -0.25) is 9.59 Å². The van der Waals surface area contributed by atoms with Gasteiger partial charge in [0.05, 0.1) is 0 Å². The highest BCUT2D eigenvalue weighted by Crippen LogP contribution is 1.90. The van der Waals surface area contributed by atoms with E-state index in [2.05, 4.69) is 16.1 Å². The Morgan fingerprint density at radius 1 is 1.40 bits per heavy atom. The molecular formula is C6H8O4. The summed E-state index contributed by atoms with van der Waals surface area (Å²) < 4.78 is 8.71. The first kappa shape index (κ1) is 8.68. The Morgan fingerprint density at radius 2 is 2.10 bits per heavy atom. The van der Waals surface area contributed by atoms with E-state index in [4.69, 9.17) is 0 Å². The Morgan fingerprint density at radius 3 is 2.50 bits per heavy atom. The van der Waals surface area contributed by atoms with E-state index < -0.39 is 6.10 Å². The third-order valence-electron chi connectivity index (χ3n) is 0.822. The number of hydrogen-bond donors (Lipinski definition) is 0. The molecule has 4 heteroatoms. The number of carbonyl (C=O) groups excluding carboxylic acids is 2. The maximum absolute atomic E-state index is 9.72. The van der Waals surface area contributed by atoms with Crippen LogP contribution in [0.5, 0.6) is 0 Å². The van der Waals surface area contributed by atoms with Crippen LogP contribution in [0.25, 0.3) is 0 Å². The lowest BCUT2D eigenvalue weighted by Gasteiger charge is -2.06. The predicted octanol–water partition coefficient (Wildman–Crippen LogP) is -0.113. The molecule has 1 unspecified atom stereocenters. The molecule has 0 heterocycles. The topological polar surface area (TPSA) is 52.6 Å². The minimum Gasteiger partial charge on any atom is -0.464 e. The molecule has 56 valence electrons. The summed E-state index contributed by atoms with van der Waals surface area (Å²) in [5.74, 6) is 0. The Labute approximate surface area is 58.4 Å². The van der Waals surface area contributed by atoms with E-state index >= 15 is 0 Å². The van der Waals surface area contributed by atoms with Crippen LogP contribution in [-0.2, 0) is 19.1 Å². The van der Waals surface area contributed by atoms with Gasteiger partial charge < -0.3 is 9.47 Å². The van der Waals surface area contributed by atoms with Crippen molar-refractivity contribution in [3.63, 3.8) is 0 Å². The summed E-state index contributed by atoms with van der Waals surface area (Å²) in [7, 11) is 0. The molecule has 10 heavy (non-hydrogen) atoms. The van der Waals surface area contributed by atoms with Gasteiger partial charge in [-0.15, -0.1) is 0 Å². The van der Waals surface area contributed by atoms with Crippen LogP contribution in [0.4, 0.5) is 0 Å². The number of ether oxygens (including phenoxy) is 2. The first-order valence-corrected chi connectivity index (χ1v) is 2.62. The highest BCUT2D eigenvalue weighted by Gasteiger charge is 2.02. The van der Waals surface area contributed by atoms with E-state index in [0.717, 1.165) is 0 Å². The van der Waals surface area contributed by atoms with Crippen LogP contribution < -0.4 is 0 Å². The first-order valence-electron chi connectivity index (χ1n) is 2.62. The minimum absolute atomic E-state index is 0.0196. The number of hydrogen-bond acceptors (Lipinski definition) is 4. The maximum Gasteiger partial charge on any atom is 0.293 e. The molecule has 0 amide bonds. The number of carbonyl (C=O) groups is 2. The molecule has 0 aromatic rings. The molecule has 0 aliphatic carbocycles. The van der Waals surface area contributed by atoms with Crippen molar-refractivity contribution in [3.05, 3.63) is 12.7 Å². The van der Waals surface area contributed by atoms with Crippen LogP contribution in [0.2, 0.25) is 0 Å². The van der Waals surface area contributed by atoms with Gasteiger partial charge in [0.25, 0.3) is 12.9 Å². The van der Waals surface area contributed by atoms with Crippen molar-refractivity contribution in [2.24, 2.45) is 0 Å². The van der Waals surface area contributed by atoms with Crippen molar-refractivity contribution >= 4 is 12.9 Å². The Kier molecular flexibility index (Phi) is 5.04. The molecular weight excluding hydrogens is 136 g/mol. The van der Waals surface area contributed by atoms with Crippen molar-refractivity contribution in [3.8, 4) is 0 Å². The van der Waals surface area contributed by atoms with Crippen molar-refractivity contribution in [2.75, 3.05) is 6.61 Å². The van der Waals surface area contributed by atoms with Gasteiger partial charge in [-0.2, -0.15) is 0 Å². The van der Waals surface area contributed by atoms with Gasteiger partial charge in [0.2, 0.25) is 0 Å². The first-order chi connectivity index (χ1) is 4.85. The van der Waals surface area contributed by atoms with E-state index in [1.165, 1.54) is 6.08 Å². The van der Waals surface area contributed by atoms with Crippen LogP contribution in [-0.4, -0.2) is 25.7 Å². The molecule has 0 aromatic carbocycles. The molecule has 0 rings (SSSR count). The quantitative estimate of drug-likeness (QED) is 0.385. The molecule has 0 spiro atoms. The van der Waals surface area contributed by atoms with Gasteiger partial charge in [0, 0.05) is 0 Å². The molecule has 0 aliphatic heterocycles. The van der Waals surface area contributed by atoms with Crippen LogP contribution in [0.3, 0.4) is 0 Å². The summed E-state index contributed by atoms with van der Waals surface area (Å²) in [6, 6.07) is 0. The molecule has 4 nitrogen and oxygen atoms in total. The second-order valence-electron chi connectivity index (χ2n) is 1.44. The molecule has 0 aliphatic rings. The maximum atomic E-state index is 9.72. The second-order valence-corrected chi connectivity index (χ2v) is 1.44. The van der Waals surface area contributed by atoms with Crippen molar-refractivity contribution < 1.29 is 19.1 Å². The van der Waals surface area contributed by atoms with Crippen molar-refractivity contribution in [1.29, 1.82) is 0 Å². The summed E-state index contributed by atoms with van der Waals surface area (Å²) in [6.45, 7) is 3.93. The Hall–Kier alpha value is -1.32. The molecule has 1 atom stereocenters. The van der Waals surface area contributed by atoms with E-state index in [1.807, 2.05) is 0 Å². The molecule has 0 bridgehead atoms. The molecule has 0 saturated carbocycles. The fourth-order valence-electron chi connectivity index (χ4n) is 0.368. The predicted molar refractivity (Wildman–Crippen MR) is 33.1 cm³/mol. The van der Waals surface area contributed by atoms with E-state index in [1.54, 1.807) is 0 Å².